The molecule has 0 unspecified atom stereocenters. The molecule has 0 atom stereocenters. The molecule has 0 saturated heterocycles. The first-order valence-electron chi connectivity index (χ1n) is 10.1. The third-order valence-electron chi connectivity index (χ3n) is 5.26. The maximum atomic E-state index is 12.7. The van der Waals surface area contributed by atoms with E-state index in [1.165, 1.54) is 32.4 Å². The Morgan fingerprint density at radius 2 is 1.82 bits per heavy atom. The van der Waals surface area contributed by atoms with Crippen LogP contribution in [0.15, 0.2) is 42.5 Å². The molecule has 10 nitrogen and oxygen atoms in total. The number of non-ortho nitro benzene ring substituents is 1. The lowest BCUT2D eigenvalue weighted by atomic mass is 10.1. The van der Waals surface area contributed by atoms with Gasteiger partial charge >= 0.3 is 5.97 Å². The van der Waals surface area contributed by atoms with Gasteiger partial charge in [0.05, 0.1) is 36.2 Å². The van der Waals surface area contributed by atoms with Crippen LogP contribution in [0.25, 0.3) is 5.69 Å². The number of esters is 1. The van der Waals surface area contributed by atoms with Gasteiger partial charge in [0.25, 0.3) is 11.6 Å². The van der Waals surface area contributed by atoms with E-state index in [-0.39, 0.29) is 23.8 Å². The van der Waals surface area contributed by atoms with Crippen LogP contribution in [0.2, 0.25) is 0 Å². The summed E-state index contributed by atoms with van der Waals surface area (Å²) in [7, 11) is 2.78. The number of nitrogens with one attached hydrogen (secondary N) is 1. The predicted octanol–water partition coefficient (Wildman–Crippen LogP) is 3.76. The SMILES string of the molecule is COC(=O)CCc1c(C)nn(-c2ccc(C(=O)Nc3cc([N+](=O)[O-])ccc3OC)cc2)c1C. The Balaban J connectivity index is 1.80. The van der Waals surface area contributed by atoms with Crippen molar-refractivity contribution in [1.82, 2.24) is 9.78 Å². The lowest BCUT2D eigenvalue weighted by molar-refractivity contribution is -0.384. The van der Waals surface area contributed by atoms with E-state index in [4.69, 9.17) is 9.47 Å². The van der Waals surface area contributed by atoms with Crippen LogP contribution < -0.4 is 10.1 Å². The van der Waals surface area contributed by atoms with Crippen LogP contribution in [-0.4, -0.2) is 40.8 Å². The number of ether oxygens (including phenoxy) is 2. The van der Waals surface area contributed by atoms with Gasteiger partial charge in [0.15, 0.2) is 0 Å². The minimum atomic E-state index is -0.544. The smallest absolute Gasteiger partial charge is 0.305 e. The fourth-order valence-electron chi connectivity index (χ4n) is 3.47. The first kappa shape index (κ1) is 23.5. The molecule has 3 rings (SSSR count). The molecule has 1 heterocycles. The van der Waals surface area contributed by atoms with E-state index < -0.39 is 10.8 Å². The van der Waals surface area contributed by atoms with Gasteiger partial charge in [-0.05, 0) is 56.2 Å². The van der Waals surface area contributed by atoms with Crippen molar-refractivity contribution in [2.24, 2.45) is 0 Å². The highest BCUT2D eigenvalue weighted by atomic mass is 16.6. The molecule has 2 aromatic carbocycles. The van der Waals surface area contributed by atoms with E-state index in [2.05, 4.69) is 10.4 Å². The molecule has 0 aliphatic carbocycles. The number of aryl methyl sites for hydroxylation is 1. The van der Waals surface area contributed by atoms with Crippen LogP contribution in [0.3, 0.4) is 0 Å². The zero-order valence-electron chi connectivity index (χ0n) is 18.7. The van der Waals surface area contributed by atoms with E-state index in [1.54, 1.807) is 28.9 Å². The van der Waals surface area contributed by atoms with Gasteiger partial charge in [-0.25, -0.2) is 4.68 Å². The Labute approximate surface area is 190 Å². The van der Waals surface area contributed by atoms with Crippen LogP contribution >= 0.6 is 0 Å². The molecule has 1 aromatic heterocycles. The Morgan fingerprint density at radius 3 is 2.42 bits per heavy atom. The number of nitro groups is 1. The average Bonchev–Trinajstić information content (AvgIpc) is 3.10. The van der Waals surface area contributed by atoms with Crippen molar-refractivity contribution in [2.75, 3.05) is 19.5 Å². The summed E-state index contributed by atoms with van der Waals surface area (Å²) in [5.74, 6) is -0.405. The van der Waals surface area contributed by atoms with Crippen LogP contribution in [-0.2, 0) is 16.0 Å². The van der Waals surface area contributed by atoms with Gasteiger partial charge in [0, 0.05) is 29.8 Å². The maximum Gasteiger partial charge on any atom is 0.305 e. The molecule has 0 bridgehead atoms. The third kappa shape index (κ3) is 5.17. The highest BCUT2D eigenvalue weighted by molar-refractivity contribution is 6.05. The molecule has 1 amide bonds. The number of hydrogen-bond donors (Lipinski definition) is 1. The van der Waals surface area contributed by atoms with Crippen LogP contribution in [0.1, 0.15) is 33.7 Å². The van der Waals surface area contributed by atoms with Crippen molar-refractivity contribution in [3.05, 3.63) is 75.1 Å². The maximum absolute atomic E-state index is 12.7. The Bertz CT molecular complexity index is 1200. The molecule has 0 radical (unpaired) electrons. The minimum Gasteiger partial charge on any atom is -0.495 e. The molecule has 0 saturated carbocycles. The highest BCUT2D eigenvalue weighted by Gasteiger charge is 2.17. The van der Waals surface area contributed by atoms with E-state index in [9.17, 15) is 19.7 Å². The molecular weight excluding hydrogens is 428 g/mol. The molecule has 0 aliphatic heterocycles. The van der Waals surface area contributed by atoms with Gasteiger partial charge in [-0.3, -0.25) is 19.7 Å². The monoisotopic (exact) mass is 452 g/mol. The molecule has 10 heteroatoms. The summed E-state index contributed by atoms with van der Waals surface area (Å²) in [5.41, 5.74) is 3.85. The van der Waals surface area contributed by atoms with Crippen LogP contribution in [0.5, 0.6) is 5.75 Å². The van der Waals surface area contributed by atoms with Gasteiger partial charge < -0.3 is 14.8 Å². The number of methoxy groups -OCH3 is 2. The van der Waals surface area contributed by atoms with Gasteiger partial charge in [-0.15, -0.1) is 0 Å². The fraction of sp³-hybridized carbons (Fsp3) is 0.261. The molecule has 1 N–H and O–H groups in total. The number of rotatable bonds is 8. The van der Waals surface area contributed by atoms with Crippen molar-refractivity contribution in [3.63, 3.8) is 0 Å². The number of aromatic nitrogens is 2. The van der Waals surface area contributed by atoms with Crippen molar-refractivity contribution >= 4 is 23.3 Å². The van der Waals surface area contributed by atoms with Crippen molar-refractivity contribution < 1.29 is 24.0 Å². The molecule has 0 fully saturated rings. The third-order valence-corrected chi connectivity index (χ3v) is 5.26. The topological polar surface area (TPSA) is 126 Å². The number of hydrogen-bond acceptors (Lipinski definition) is 7. The Morgan fingerprint density at radius 1 is 1.12 bits per heavy atom. The molecular formula is C23H24N4O6. The standard InChI is InChI=1S/C23H24N4O6/c1-14-19(10-12-22(28)33-4)15(2)26(25-14)17-7-5-16(6-8-17)23(29)24-20-13-18(27(30)31)9-11-21(20)32-3/h5-9,11,13H,10,12H2,1-4H3,(H,24,29). The number of nitro benzene ring substituents is 1. The molecule has 172 valence electrons. The highest BCUT2D eigenvalue weighted by Crippen LogP contribution is 2.29. The first-order chi connectivity index (χ1) is 15.7. The second kappa shape index (κ2) is 9.94. The van der Waals surface area contributed by atoms with Gasteiger partial charge in [0.1, 0.15) is 5.75 Å². The minimum absolute atomic E-state index is 0.158. The zero-order chi connectivity index (χ0) is 24.1. The second-order valence-electron chi connectivity index (χ2n) is 7.28. The Hall–Kier alpha value is -4.21. The normalized spacial score (nSPS) is 10.5. The lowest BCUT2D eigenvalue weighted by Crippen LogP contribution is -2.13. The summed E-state index contributed by atoms with van der Waals surface area (Å²) in [4.78, 5) is 34.7. The Kier molecular flexibility index (Phi) is 7.07. The molecule has 33 heavy (non-hydrogen) atoms. The summed E-state index contributed by atoms with van der Waals surface area (Å²) in [6.45, 7) is 3.80. The van der Waals surface area contributed by atoms with Gasteiger partial charge in [-0.2, -0.15) is 5.10 Å². The number of benzene rings is 2. The van der Waals surface area contributed by atoms with Crippen molar-refractivity contribution in [1.29, 1.82) is 0 Å². The number of anilines is 1. The summed E-state index contributed by atoms with van der Waals surface area (Å²) < 4.78 is 11.7. The van der Waals surface area contributed by atoms with Crippen molar-refractivity contribution in [2.45, 2.75) is 26.7 Å². The molecule has 0 aliphatic rings. The molecule has 0 spiro atoms. The quantitative estimate of drug-likeness (QED) is 0.313. The van der Waals surface area contributed by atoms with E-state index in [0.29, 0.717) is 17.7 Å². The van der Waals surface area contributed by atoms with Crippen molar-refractivity contribution in [3.8, 4) is 11.4 Å². The van der Waals surface area contributed by atoms with Crippen LogP contribution in [0.4, 0.5) is 11.4 Å². The second-order valence-corrected chi connectivity index (χ2v) is 7.28. The van der Waals surface area contributed by atoms with E-state index in [0.717, 1.165) is 22.6 Å². The zero-order valence-corrected chi connectivity index (χ0v) is 18.7. The summed E-state index contributed by atoms with van der Waals surface area (Å²) in [6.07, 6.45) is 0.792. The summed E-state index contributed by atoms with van der Waals surface area (Å²) in [6, 6.07) is 10.8. The largest absolute Gasteiger partial charge is 0.495 e. The number of carbonyl (C=O) groups is 2. The summed E-state index contributed by atoms with van der Waals surface area (Å²) >= 11 is 0. The first-order valence-corrected chi connectivity index (χ1v) is 10.1. The van der Waals surface area contributed by atoms with Gasteiger partial charge in [-0.1, -0.05) is 0 Å². The number of carbonyl (C=O) groups excluding carboxylic acids is 2. The lowest BCUT2D eigenvalue weighted by Gasteiger charge is -2.11. The van der Waals surface area contributed by atoms with E-state index >= 15 is 0 Å². The van der Waals surface area contributed by atoms with Gasteiger partial charge in [0.2, 0.25) is 0 Å². The average molecular weight is 452 g/mol. The van der Waals surface area contributed by atoms with Crippen LogP contribution in [0, 0.1) is 24.0 Å². The molecule has 3 aromatic rings. The number of nitrogens with zero attached hydrogens (tertiary/aromatic N) is 3. The van der Waals surface area contributed by atoms with E-state index in [1.807, 2.05) is 13.8 Å². The fourth-order valence-corrected chi connectivity index (χ4v) is 3.47. The number of amides is 1. The summed E-state index contributed by atoms with van der Waals surface area (Å²) in [5, 5.41) is 18.3. The predicted molar refractivity (Wildman–Crippen MR) is 121 cm³/mol.